The summed E-state index contributed by atoms with van der Waals surface area (Å²) in [6.07, 6.45) is 0.842. The molecule has 0 radical (unpaired) electrons. The molecule has 0 bridgehead atoms. The Morgan fingerprint density at radius 3 is 2.03 bits per heavy atom. The van der Waals surface area contributed by atoms with Crippen molar-refractivity contribution in [2.45, 2.75) is 97.3 Å². The average Bonchev–Trinajstić information content (AvgIpc) is 2.63. The maximum atomic E-state index is 11.3. The van der Waals surface area contributed by atoms with Gasteiger partial charge in [-0.05, 0) is 54.7 Å². The van der Waals surface area contributed by atoms with Gasteiger partial charge in [-0.1, -0.05) is 60.6 Å². The van der Waals surface area contributed by atoms with E-state index < -0.39 is 16.6 Å². The van der Waals surface area contributed by atoms with Crippen LogP contribution in [-0.2, 0) is 8.85 Å². The molecule has 0 aliphatic rings. The van der Waals surface area contributed by atoms with Crippen molar-refractivity contribution in [1.82, 2.24) is 0 Å². The number of para-hydroxylation sites is 2. The molecule has 0 fully saturated rings. The number of benzene rings is 1. The standard InChI is InChI=1S/C24H46N2O4Si2/c1-19(18-25-20-14-12-13-15-21(20)26(27)28)22(30-32(10,11)24(5,6)7)16-17-29-31(8,9)23(2,3)4/h12-15,19,22,25H,16-18H2,1-11H3/t19-,22-/m1/s1. The van der Waals surface area contributed by atoms with Crippen molar-refractivity contribution in [3.05, 3.63) is 34.4 Å². The second-order valence-corrected chi connectivity index (χ2v) is 21.5. The van der Waals surface area contributed by atoms with Crippen molar-refractivity contribution in [3.8, 4) is 0 Å². The van der Waals surface area contributed by atoms with E-state index in [1.807, 2.05) is 6.07 Å². The summed E-state index contributed by atoms with van der Waals surface area (Å²) in [6, 6.07) is 6.80. The number of hydrogen-bond acceptors (Lipinski definition) is 5. The van der Waals surface area contributed by atoms with Gasteiger partial charge >= 0.3 is 0 Å². The van der Waals surface area contributed by atoms with E-state index in [4.69, 9.17) is 8.85 Å². The Labute approximate surface area is 197 Å². The van der Waals surface area contributed by atoms with Gasteiger partial charge in [0.25, 0.3) is 5.69 Å². The highest BCUT2D eigenvalue weighted by Gasteiger charge is 2.41. The maximum absolute atomic E-state index is 11.3. The lowest BCUT2D eigenvalue weighted by Crippen LogP contribution is -2.47. The lowest BCUT2D eigenvalue weighted by atomic mass is 10.0. The molecule has 0 unspecified atom stereocenters. The predicted octanol–water partition coefficient (Wildman–Crippen LogP) is 7.45. The van der Waals surface area contributed by atoms with Crippen LogP contribution in [0.3, 0.4) is 0 Å². The minimum Gasteiger partial charge on any atom is -0.417 e. The van der Waals surface area contributed by atoms with Crippen molar-refractivity contribution in [2.75, 3.05) is 18.5 Å². The maximum Gasteiger partial charge on any atom is 0.292 e. The molecule has 1 rings (SSSR count). The predicted molar refractivity (Wildman–Crippen MR) is 141 cm³/mol. The van der Waals surface area contributed by atoms with Gasteiger partial charge in [-0.2, -0.15) is 0 Å². The molecule has 0 saturated heterocycles. The third kappa shape index (κ3) is 7.97. The average molecular weight is 483 g/mol. The molecule has 184 valence electrons. The van der Waals surface area contributed by atoms with Crippen LogP contribution in [-0.4, -0.2) is 40.8 Å². The smallest absolute Gasteiger partial charge is 0.292 e. The highest BCUT2D eigenvalue weighted by Crippen LogP contribution is 2.39. The molecule has 8 heteroatoms. The van der Waals surface area contributed by atoms with Crippen molar-refractivity contribution < 1.29 is 13.8 Å². The molecule has 2 atom stereocenters. The fraction of sp³-hybridized carbons (Fsp3) is 0.750. The SMILES string of the molecule is C[C@H](CNc1ccccc1[N+](=O)[O-])[C@@H](CCO[Si](C)(C)C(C)(C)C)O[Si](C)(C)C(C)(C)C. The van der Waals surface area contributed by atoms with Crippen LogP contribution >= 0.6 is 0 Å². The third-order valence-electron chi connectivity index (χ3n) is 7.27. The van der Waals surface area contributed by atoms with E-state index in [1.54, 1.807) is 12.1 Å². The lowest BCUT2D eigenvalue weighted by molar-refractivity contribution is -0.384. The summed E-state index contributed by atoms with van der Waals surface area (Å²) < 4.78 is 13.3. The molecule has 0 aromatic heterocycles. The first-order valence-electron chi connectivity index (χ1n) is 11.7. The fourth-order valence-corrected chi connectivity index (χ4v) is 5.37. The zero-order chi connectivity index (χ0) is 25.0. The summed E-state index contributed by atoms with van der Waals surface area (Å²) in [7, 11) is -3.81. The summed E-state index contributed by atoms with van der Waals surface area (Å²) in [5.74, 6) is 0.173. The molecule has 1 aromatic carbocycles. The number of nitro benzene ring substituents is 1. The van der Waals surface area contributed by atoms with Gasteiger partial charge in [0.2, 0.25) is 0 Å². The molecular formula is C24H46N2O4Si2. The number of nitro groups is 1. The zero-order valence-electron chi connectivity index (χ0n) is 22.2. The summed E-state index contributed by atoms with van der Waals surface area (Å²) in [5, 5.41) is 14.9. The monoisotopic (exact) mass is 482 g/mol. The van der Waals surface area contributed by atoms with Crippen LogP contribution in [0.15, 0.2) is 24.3 Å². The van der Waals surface area contributed by atoms with Crippen molar-refractivity contribution in [1.29, 1.82) is 0 Å². The van der Waals surface area contributed by atoms with E-state index in [9.17, 15) is 10.1 Å². The zero-order valence-corrected chi connectivity index (χ0v) is 24.2. The summed E-state index contributed by atoms with van der Waals surface area (Å²) >= 11 is 0. The van der Waals surface area contributed by atoms with Crippen molar-refractivity contribution in [2.24, 2.45) is 5.92 Å². The highest BCUT2D eigenvalue weighted by molar-refractivity contribution is 6.74. The van der Waals surface area contributed by atoms with Crippen LogP contribution in [0.25, 0.3) is 0 Å². The third-order valence-corrected chi connectivity index (χ3v) is 16.3. The Balaban J connectivity index is 2.95. The largest absolute Gasteiger partial charge is 0.417 e. The Bertz CT molecular complexity index is 755. The number of rotatable bonds is 11. The van der Waals surface area contributed by atoms with E-state index >= 15 is 0 Å². The van der Waals surface area contributed by atoms with Crippen molar-refractivity contribution in [3.63, 3.8) is 0 Å². The molecule has 0 amide bonds. The normalized spacial score (nSPS) is 15.3. The number of nitrogens with zero attached hydrogens (tertiary/aromatic N) is 1. The fourth-order valence-electron chi connectivity index (χ4n) is 2.85. The minimum absolute atomic E-state index is 0.0240. The number of nitrogens with one attached hydrogen (secondary N) is 1. The molecule has 0 saturated carbocycles. The van der Waals surface area contributed by atoms with Gasteiger partial charge < -0.3 is 14.2 Å². The molecule has 0 spiro atoms. The molecule has 32 heavy (non-hydrogen) atoms. The highest BCUT2D eigenvalue weighted by atomic mass is 28.4. The summed E-state index contributed by atoms with van der Waals surface area (Å²) in [5.41, 5.74) is 0.649. The Morgan fingerprint density at radius 1 is 1.00 bits per heavy atom. The van der Waals surface area contributed by atoms with Crippen LogP contribution in [0, 0.1) is 16.0 Å². The topological polar surface area (TPSA) is 73.6 Å². The second-order valence-electron chi connectivity index (χ2n) is 11.9. The van der Waals surface area contributed by atoms with Crippen LogP contribution in [0.2, 0.25) is 36.3 Å². The molecule has 1 aromatic rings. The lowest BCUT2D eigenvalue weighted by Gasteiger charge is -2.42. The molecule has 6 nitrogen and oxygen atoms in total. The van der Waals surface area contributed by atoms with Gasteiger partial charge in [-0.15, -0.1) is 0 Å². The van der Waals surface area contributed by atoms with E-state index in [-0.39, 0.29) is 32.7 Å². The number of anilines is 1. The Kier molecular flexibility index (Phi) is 9.72. The first-order valence-corrected chi connectivity index (χ1v) is 17.5. The second kappa shape index (κ2) is 10.8. The molecular weight excluding hydrogens is 436 g/mol. The van der Waals surface area contributed by atoms with Gasteiger partial charge in [0.05, 0.1) is 11.0 Å². The van der Waals surface area contributed by atoms with Gasteiger partial charge in [-0.25, -0.2) is 0 Å². The molecule has 0 aliphatic carbocycles. The van der Waals surface area contributed by atoms with Gasteiger partial charge in [-0.3, -0.25) is 10.1 Å². The molecule has 0 heterocycles. The van der Waals surface area contributed by atoms with E-state index in [0.29, 0.717) is 18.8 Å². The van der Waals surface area contributed by atoms with Crippen LogP contribution in [0.4, 0.5) is 11.4 Å². The van der Waals surface area contributed by atoms with Crippen LogP contribution in [0.5, 0.6) is 0 Å². The molecule has 1 N–H and O–H groups in total. The first-order chi connectivity index (χ1) is 14.4. The first kappa shape index (κ1) is 28.8. The van der Waals surface area contributed by atoms with Gasteiger partial charge in [0, 0.05) is 19.2 Å². The molecule has 0 aliphatic heterocycles. The van der Waals surface area contributed by atoms with Crippen molar-refractivity contribution >= 4 is 28.0 Å². The van der Waals surface area contributed by atoms with E-state index in [1.165, 1.54) is 6.07 Å². The summed E-state index contributed by atoms with van der Waals surface area (Å²) in [6.45, 7) is 26.0. The number of hydrogen-bond donors (Lipinski definition) is 1. The van der Waals surface area contributed by atoms with Crippen LogP contribution < -0.4 is 5.32 Å². The quantitative estimate of drug-likeness (QED) is 0.201. The van der Waals surface area contributed by atoms with Gasteiger partial charge in [0.15, 0.2) is 16.6 Å². The summed E-state index contributed by atoms with van der Waals surface area (Å²) in [4.78, 5) is 11.0. The minimum atomic E-state index is -1.98. The van der Waals surface area contributed by atoms with Gasteiger partial charge in [0.1, 0.15) is 5.69 Å². The van der Waals surface area contributed by atoms with E-state index in [2.05, 4.69) is 80.0 Å². The Morgan fingerprint density at radius 2 is 1.53 bits per heavy atom. The Hall–Kier alpha value is -1.23. The van der Waals surface area contributed by atoms with Crippen LogP contribution in [0.1, 0.15) is 54.9 Å². The van der Waals surface area contributed by atoms with E-state index in [0.717, 1.165) is 6.42 Å².